The Kier molecular flexibility index (Phi) is 5.73. The van der Waals surface area contributed by atoms with Crippen molar-refractivity contribution >= 4 is 15.7 Å². The lowest BCUT2D eigenvalue weighted by atomic mass is 10.2. The topological polar surface area (TPSA) is 72.2 Å². The van der Waals surface area contributed by atoms with Crippen LogP contribution in [0.2, 0.25) is 0 Å². The third-order valence-corrected chi connectivity index (χ3v) is 5.67. The largest absolute Gasteiger partial charge is 0.424 e. The summed E-state index contributed by atoms with van der Waals surface area (Å²) in [6.07, 6.45) is 2.49. The van der Waals surface area contributed by atoms with Crippen molar-refractivity contribution in [1.29, 1.82) is 0 Å². The molecule has 3 rings (SSSR count). The Hall–Kier alpha value is -2.60. The van der Waals surface area contributed by atoms with E-state index >= 15 is 0 Å². The molecule has 0 saturated carbocycles. The molecule has 0 spiro atoms. The zero-order valence-electron chi connectivity index (χ0n) is 14.7. The molecule has 3 aromatic rings. The van der Waals surface area contributed by atoms with Crippen molar-refractivity contribution in [2.24, 2.45) is 0 Å². The van der Waals surface area contributed by atoms with E-state index in [1.807, 2.05) is 30.3 Å². The molecule has 0 saturated heterocycles. The summed E-state index contributed by atoms with van der Waals surface area (Å²) in [4.78, 5) is 4.50. The maximum absolute atomic E-state index is 13.0. The van der Waals surface area contributed by atoms with E-state index in [4.69, 9.17) is 4.42 Å². The summed E-state index contributed by atoms with van der Waals surface area (Å²) in [6, 6.07) is 18.0. The number of oxazole rings is 1. The average molecular weight is 370 g/mol. The van der Waals surface area contributed by atoms with Crippen LogP contribution in [-0.2, 0) is 22.8 Å². The maximum atomic E-state index is 13.0. The van der Waals surface area contributed by atoms with Crippen LogP contribution >= 0.6 is 0 Å². The normalized spacial score (nSPS) is 11.4. The fourth-order valence-electron chi connectivity index (χ4n) is 2.57. The number of benzene rings is 2. The summed E-state index contributed by atoms with van der Waals surface area (Å²) < 4.78 is 31.7. The van der Waals surface area contributed by atoms with Crippen LogP contribution in [-0.4, -0.2) is 13.4 Å². The van der Waals surface area contributed by atoms with Crippen LogP contribution in [0.1, 0.15) is 31.2 Å². The molecule has 0 aliphatic heterocycles. The van der Waals surface area contributed by atoms with Gasteiger partial charge in [-0.3, -0.25) is 0 Å². The second kappa shape index (κ2) is 8.19. The molecule has 1 aromatic heterocycles. The minimum Gasteiger partial charge on any atom is -0.424 e. The monoisotopic (exact) mass is 370 g/mol. The van der Waals surface area contributed by atoms with Crippen molar-refractivity contribution in [2.75, 3.05) is 5.32 Å². The Bertz CT molecular complexity index is 936. The van der Waals surface area contributed by atoms with Gasteiger partial charge in [0.1, 0.15) is 0 Å². The van der Waals surface area contributed by atoms with E-state index in [2.05, 4.69) is 17.2 Å². The Labute approximate surface area is 154 Å². The molecule has 0 bridgehead atoms. The van der Waals surface area contributed by atoms with Gasteiger partial charge in [0.2, 0.25) is 20.7 Å². The van der Waals surface area contributed by atoms with Crippen LogP contribution < -0.4 is 5.32 Å². The van der Waals surface area contributed by atoms with Crippen molar-refractivity contribution in [3.63, 3.8) is 0 Å². The first-order chi connectivity index (χ1) is 12.6. The van der Waals surface area contributed by atoms with Crippen molar-refractivity contribution in [3.8, 4) is 0 Å². The number of hydrogen-bond donors (Lipinski definition) is 1. The molecule has 0 aliphatic rings. The Morgan fingerprint density at radius 1 is 1.00 bits per heavy atom. The summed E-state index contributed by atoms with van der Waals surface area (Å²) in [5.74, 6) is 0.640. The lowest BCUT2D eigenvalue weighted by Gasteiger charge is -2.06. The van der Waals surface area contributed by atoms with Crippen LogP contribution in [0.3, 0.4) is 0 Å². The van der Waals surface area contributed by atoms with Gasteiger partial charge >= 0.3 is 0 Å². The highest BCUT2D eigenvalue weighted by Gasteiger charge is 2.27. The molecule has 5 nitrogen and oxygen atoms in total. The molecular formula is C20H22N2O3S. The molecular weight excluding hydrogens is 348 g/mol. The van der Waals surface area contributed by atoms with Crippen molar-refractivity contribution in [2.45, 2.75) is 42.7 Å². The first kappa shape index (κ1) is 18.2. The molecule has 0 amide bonds. The van der Waals surface area contributed by atoms with Gasteiger partial charge in [-0.05, 0) is 24.1 Å². The quantitative estimate of drug-likeness (QED) is 0.634. The third kappa shape index (κ3) is 4.14. The van der Waals surface area contributed by atoms with Crippen molar-refractivity contribution in [3.05, 3.63) is 72.1 Å². The molecule has 2 aromatic carbocycles. The number of nitrogens with one attached hydrogen (secondary N) is 1. The minimum atomic E-state index is -3.75. The molecule has 1 heterocycles. The van der Waals surface area contributed by atoms with Crippen LogP contribution in [0, 0.1) is 0 Å². The van der Waals surface area contributed by atoms with Gasteiger partial charge in [-0.1, -0.05) is 61.9 Å². The predicted octanol–water partition coefficient (Wildman–Crippen LogP) is 4.46. The zero-order valence-corrected chi connectivity index (χ0v) is 15.5. The van der Waals surface area contributed by atoms with Crippen LogP contribution in [0.25, 0.3) is 0 Å². The maximum Gasteiger partial charge on any atom is 0.233 e. The van der Waals surface area contributed by atoms with E-state index in [0.29, 0.717) is 18.9 Å². The highest BCUT2D eigenvalue weighted by molar-refractivity contribution is 7.91. The number of rotatable bonds is 8. The number of anilines is 1. The SMILES string of the molecule is CCCCc1nc(S(=O)(=O)c2ccccc2)c(NCc2ccccc2)o1. The van der Waals surface area contributed by atoms with E-state index in [1.165, 1.54) is 0 Å². The number of aromatic nitrogens is 1. The van der Waals surface area contributed by atoms with Crippen LogP contribution in [0.15, 0.2) is 75.0 Å². The molecule has 26 heavy (non-hydrogen) atoms. The fourth-order valence-corrected chi connectivity index (χ4v) is 3.89. The Morgan fingerprint density at radius 3 is 2.31 bits per heavy atom. The number of unbranched alkanes of at least 4 members (excludes halogenated alkanes) is 1. The summed E-state index contributed by atoms with van der Waals surface area (Å²) in [5.41, 5.74) is 1.03. The second-order valence-corrected chi connectivity index (χ2v) is 7.87. The van der Waals surface area contributed by atoms with E-state index < -0.39 is 9.84 Å². The highest BCUT2D eigenvalue weighted by Crippen LogP contribution is 2.29. The van der Waals surface area contributed by atoms with E-state index in [-0.39, 0.29) is 15.8 Å². The minimum absolute atomic E-state index is 0.0502. The number of aryl methyl sites for hydroxylation is 1. The predicted molar refractivity (Wildman–Crippen MR) is 101 cm³/mol. The first-order valence-corrected chi connectivity index (χ1v) is 10.2. The van der Waals surface area contributed by atoms with Gasteiger partial charge in [-0.25, -0.2) is 8.42 Å². The summed E-state index contributed by atoms with van der Waals surface area (Å²) in [5, 5.41) is 3.04. The summed E-state index contributed by atoms with van der Waals surface area (Å²) in [6.45, 7) is 2.53. The van der Waals surface area contributed by atoms with Crippen molar-refractivity contribution < 1.29 is 12.8 Å². The lowest BCUT2D eigenvalue weighted by molar-refractivity contribution is 0.495. The lowest BCUT2D eigenvalue weighted by Crippen LogP contribution is -2.07. The standard InChI is InChI=1S/C20H22N2O3S/c1-2-3-14-18-22-20(26(23,24)17-12-8-5-9-13-17)19(25-18)21-15-16-10-6-4-7-11-16/h4-13,21H,2-3,14-15H2,1H3. The highest BCUT2D eigenvalue weighted by atomic mass is 32.2. The van der Waals surface area contributed by atoms with E-state index in [1.54, 1.807) is 30.3 Å². The molecule has 0 atom stereocenters. The van der Waals surface area contributed by atoms with Crippen LogP contribution in [0.4, 0.5) is 5.88 Å². The Balaban J connectivity index is 1.93. The molecule has 0 unspecified atom stereocenters. The zero-order chi connectivity index (χ0) is 18.4. The summed E-state index contributed by atoms with van der Waals surface area (Å²) in [7, 11) is -3.75. The van der Waals surface area contributed by atoms with Crippen LogP contribution in [0.5, 0.6) is 0 Å². The molecule has 136 valence electrons. The number of sulfone groups is 1. The van der Waals surface area contributed by atoms with Gasteiger partial charge < -0.3 is 9.73 Å². The molecule has 6 heteroatoms. The van der Waals surface area contributed by atoms with Gasteiger partial charge in [0.25, 0.3) is 0 Å². The molecule has 1 N–H and O–H groups in total. The molecule has 0 fully saturated rings. The van der Waals surface area contributed by atoms with E-state index in [0.717, 1.165) is 18.4 Å². The number of nitrogens with zero attached hydrogens (tertiary/aromatic N) is 1. The first-order valence-electron chi connectivity index (χ1n) is 8.69. The fraction of sp³-hybridized carbons (Fsp3) is 0.250. The Morgan fingerprint density at radius 2 is 1.65 bits per heavy atom. The molecule has 0 radical (unpaired) electrons. The van der Waals surface area contributed by atoms with Gasteiger partial charge in [0.05, 0.1) is 4.90 Å². The van der Waals surface area contributed by atoms with Gasteiger partial charge in [0, 0.05) is 13.0 Å². The van der Waals surface area contributed by atoms with Gasteiger partial charge in [0.15, 0.2) is 5.89 Å². The second-order valence-electron chi connectivity index (χ2n) is 6.00. The van der Waals surface area contributed by atoms with Gasteiger partial charge in [-0.15, -0.1) is 0 Å². The third-order valence-electron chi connectivity index (χ3n) is 3.99. The smallest absolute Gasteiger partial charge is 0.233 e. The number of hydrogen-bond acceptors (Lipinski definition) is 5. The average Bonchev–Trinajstić information content (AvgIpc) is 3.10. The van der Waals surface area contributed by atoms with Gasteiger partial charge in [-0.2, -0.15) is 4.98 Å². The summed E-state index contributed by atoms with van der Waals surface area (Å²) >= 11 is 0. The molecule has 0 aliphatic carbocycles. The van der Waals surface area contributed by atoms with E-state index in [9.17, 15) is 8.42 Å². The van der Waals surface area contributed by atoms with Crippen molar-refractivity contribution in [1.82, 2.24) is 4.98 Å².